The molecule has 1 aromatic heterocycles. The van der Waals surface area contributed by atoms with E-state index in [1.165, 1.54) is 0 Å². The Morgan fingerprint density at radius 1 is 1.41 bits per heavy atom. The summed E-state index contributed by atoms with van der Waals surface area (Å²) in [6.45, 7) is 5.96. The van der Waals surface area contributed by atoms with Crippen LogP contribution >= 0.6 is 0 Å². The van der Waals surface area contributed by atoms with E-state index in [0.717, 1.165) is 42.6 Å². The van der Waals surface area contributed by atoms with E-state index in [2.05, 4.69) is 20.9 Å². The zero-order valence-electron chi connectivity index (χ0n) is 16.1. The van der Waals surface area contributed by atoms with Gasteiger partial charge in [0.25, 0.3) is 0 Å². The number of amides is 1. The van der Waals surface area contributed by atoms with Crippen LogP contribution in [0.5, 0.6) is 0 Å². The van der Waals surface area contributed by atoms with Crippen LogP contribution in [-0.2, 0) is 23.2 Å². The fraction of sp³-hybridized carbons (Fsp3) is 0.550. The first-order chi connectivity index (χ1) is 12.9. The van der Waals surface area contributed by atoms with Crippen LogP contribution in [-0.4, -0.2) is 27.1 Å². The Labute approximate surface area is 158 Å². The van der Waals surface area contributed by atoms with Crippen molar-refractivity contribution >= 4 is 5.91 Å². The van der Waals surface area contributed by atoms with E-state index in [1.807, 2.05) is 37.6 Å². The molecule has 144 valence electrons. The molecule has 3 heterocycles. The monoisotopic (exact) mass is 371 g/mol. The number of hydrogen-bond acceptors (Lipinski definition) is 4. The Morgan fingerprint density at radius 3 is 2.93 bits per heavy atom. The van der Waals surface area contributed by atoms with Gasteiger partial charge in [-0.3, -0.25) is 10.1 Å². The molecular formula is C20H26FN5O. The minimum atomic E-state index is -0.572. The Hall–Kier alpha value is -2.28. The molecule has 4 rings (SSSR count). The summed E-state index contributed by atoms with van der Waals surface area (Å²) in [4.78, 5) is 11.9. The summed E-state index contributed by atoms with van der Waals surface area (Å²) in [6.07, 6.45) is 3.61. The second-order valence-electron chi connectivity index (χ2n) is 7.84. The van der Waals surface area contributed by atoms with Gasteiger partial charge in [0, 0.05) is 12.0 Å². The smallest absolute Gasteiger partial charge is 0.223 e. The summed E-state index contributed by atoms with van der Waals surface area (Å²) in [5, 5.41) is 15.1. The van der Waals surface area contributed by atoms with E-state index < -0.39 is 5.54 Å². The maximum absolute atomic E-state index is 14.9. The lowest BCUT2D eigenvalue weighted by atomic mass is 9.82. The number of aryl methyl sites for hydroxylation is 1. The molecule has 2 aliphatic rings. The number of nitrogens with one attached hydrogen (secondary N) is 2. The van der Waals surface area contributed by atoms with Gasteiger partial charge in [0.05, 0.1) is 23.4 Å². The highest BCUT2D eigenvalue weighted by molar-refractivity contribution is 5.77. The molecule has 0 radical (unpaired) electrons. The number of carbonyl (C=O) groups excluding carboxylic acids is 1. The molecule has 2 N–H and O–H groups in total. The minimum Gasteiger partial charge on any atom is -0.341 e. The fourth-order valence-electron chi connectivity index (χ4n) is 4.45. The van der Waals surface area contributed by atoms with Gasteiger partial charge < -0.3 is 5.32 Å². The van der Waals surface area contributed by atoms with Crippen LogP contribution in [0.15, 0.2) is 18.2 Å². The molecule has 2 aromatic rings. The van der Waals surface area contributed by atoms with Crippen molar-refractivity contribution in [3.63, 3.8) is 0 Å². The van der Waals surface area contributed by atoms with E-state index in [9.17, 15) is 9.18 Å². The highest BCUT2D eigenvalue weighted by atomic mass is 19.1. The first-order valence-electron chi connectivity index (χ1n) is 9.71. The Kier molecular flexibility index (Phi) is 4.50. The van der Waals surface area contributed by atoms with Crippen molar-refractivity contribution in [1.82, 2.24) is 25.6 Å². The molecule has 2 aliphatic heterocycles. The van der Waals surface area contributed by atoms with Gasteiger partial charge in [-0.15, -0.1) is 5.10 Å². The molecular weight excluding hydrogens is 345 g/mol. The largest absolute Gasteiger partial charge is 0.341 e. The third-order valence-corrected chi connectivity index (χ3v) is 5.91. The van der Waals surface area contributed by atoms with Gasteiger partial charge in [0.2, 0.25) is 5.91 Å². The van der Waals surface area contributed by atoms with Gasteiger partial charge in [-0.05, 0) is 51.2 Å². The van der Waals surface area contributed by atoms with Crippen LogP contribution in [0, 0.1) is 5.82 Å². The van der Waals surface area contributed by atoms with Crippen molar-refractivity contribution in [3.05, 3.63) is 46.5 Å². The van der Waals surface area contributed by atoms with E-state index in [4.69, 9.17) is 0 Å². The predicted molar refractivity (Wildman–Crippen MR) is 99.6 cm³/mol. The molecule has 0 aliphatic carbocycles. The molecule has 3 atom stereocenters. The standard InChI is InChI=1S/C20H26FN5O/c1-4-13-7-8-14(15(21)10-13)20(3)9-5-6-17-19(24-25-26(17)20)16-11-18(27)23-12(2)22-16/h7-8,10,12,16,22H,4-6,9,11H2,1-3H3,(H,23,27)/t12?,16?,20-/m1/s1. The van der Waals surface area contributed by atoms with Gasteiger partial charge in [0.1, 0.15) is 11.5 Å². The molecule has 0 spiro atoms. The molecule has 0 saturated carbocycles. The maximum Gasteiger partial charge on any atom is 0.223 e. The molecule has 1 saturated heterocycles. The minimum absolute atomic E-state index is 0.00719. The molecule has 1 amide bonds. The molecule has 1 fully saturated rings. The number of hydrogen-bond donors (Lipinski definition) is 2. The second-order valence-corrected chi connectivity index (χ2v) is 7.84. The van der Waals surface area contributed by atoms with Crippen LogP contribution in [0.4, 0.5) is 4.39 Å². The molecule has 2 unspecified atom stereocenters. The fourth-order valence-corrected chi connectivity index (χ4v) is 4.45. The van der Waals surface area contributed by atoms with E-state index in [1.54, 1.807) is 6.07 Å². The molecule has 1 aromatic carbocycles. The quantitative estimate of drug-likeness (QED) is 0.870. The normalized spacial score (nSPS) is 27.9. The van der Waals surface area contributed by atoms with Crippen LogP contribution < -0.4 is 10.6 Å². The van der Waals surface area contributed by atoms with Crippen LogP contribution in [0.3, 0.4) is 0 Å². The van der Waals surface area contributed by atoms with Gasteiger partial charge in [-0.2, -0.15) is 0 Å². The number of halogens is 1. The van der Waals surface area contributed by atoms with Gasteiger partial charge in [-0.25, -0.2) is 9.07 Å². The van der Waals surface area contributed by atoms with Crippen molar-refractivity contribution in [3.8, 4) is 0 Å². The lowest BCUT2D eigenvalue weighted by Gasteiger charge is -2.36. The number of aromatic nitrogens is 3. The Bertz CT molecular complexity index is 879. The molecule has 27 heavy (non-hydrogen) atoms. The van der Waals surface area contributed by atoms with Crippen molar-refractivity contribution in [2.24, 2.45) is 0 Å². The first kappa shape index (κ1) is 18.1. The lowest BCUT2D eigenvalue weighted by molar-refractivity contribution is -0.124. The predicted octanol–water partition coefficient (Wildman–Crippen LogP) is 2.58. The average Bonchev–Trinajstić information content (AvgIpc) is 3.06. The average molecular weight is 371 g/mol. The lowest BCUT2D eigenvalue weighted by Crippen LogP contribution is -2.51. The summed E-state index contributed by atoms with van der Waals surface area (Å²) >= 11 is 0. The maximum atomic E-state index is 14.9. The third kappa shape index (κ3) is 3.04. The number of fused-ring (bicyclic) bond motifs is 1. The van der Waals surface area contributed by atoms with Crippen molar-refractivity contribution in [2.75, 3.05) is 0 Å². The first-order valence-corrected chi connectivity index (χ1v) is 9.71. The van der Waals surface area contributed by atoms with E-state index in [-0.39, 0.29) is 23.9 Å². The highest BCUT2D eigenvalue weighted by Gasteiger charge is 2.40. The number of carbonyl (C=O) groups is 1. The highest BCUT2D eigenvalue weighted by Crippen LogP contribution is 2.39. The molecule has 6 nitrogen and oxygen atoms in total. The van der Waals surface area contributed by atoms with Crippen LogP contribution in [0.2, 0.25) is 0 Å². The van der Waals surface area contributed by atoms with Crippen molar-refractivity contribution in [2.45, 2.75) is 70.6 Å². The van der Waals surface area contributed by atoms with Crippen molar-refractivity contribution < 1.29 is 9.18 Å². The summed E-state index contributed by atoms with van der Waals surface area (Å²) < 4.78 is 16.8. The Balaban J connectivity index is 1.74. The van der Waals surface area contributed by atoms with Crippen molar-refractivity contribution in [1.29, 1.82) is 0 Å². The number of nitrogens with zero attached hydrogens (tertiary/aromatic N) is 3. The number of benzene rings is 1. The summed E-state index contributed by atoms with van der Waals surface area (Å²) in [5.41, 5.74) is 2.88. The SMILES string of the molecule is CCc1ccc([C@@]2(C)CCCc3c(C4CC(=O)NC(C)N4)nnn32)c(F)c1. The van der Waals surface area contributed by atoms with Gasteiger partial charge in [-0.1, -0.05) is 24.3 Å². The Morgan fingerprint density at radius 2 is 2.22 bits per heavy atom. The zero-order chi connectivity index (χ0) is 19.2. The summed E-state index contributed by atoms with van der Waals surface area (Å²) in [6, 6.07) is 5.34. The zero-order valence-corrected chi connectivity index (χ0v) is 16.1. The van der Waals surface area contributed by atoms with E-state index in [0.29, 0.717) is 12.0 Å². The van der Waals surface area contributed by atoms with Gasteiger partial charge >= 0.3 is 0 Å². The van der Waals surface area contributed by atoms with Crippen LogP contribution in [0.25, 0.3) is 0 Å². The summed E-state index contributed by atoms with van der Waals surface area (Å²) in [7, 11) is 0. The molecule has 7 heteroatoms. The van der Waals surface area contributed by atoms with Crippen LogP contribution in [0.1, 0.15) is 68.6 Å². The van der Waals surface area contributed by atoms with E-state index >= 15 is 0 Å². The summed E-state index contributed by atoms with van der Waals surface area (Å²) in [5.74, 6) is -0.182. The second kappa shape index (κ2) is 6.71. The topological polar surface area (TPSA) is 71.8 Å². The molecule has 0 bridgehead atoms. The number of rotatable bonds is 3. The van der Waals surface area contributed by atoms with Gasteiger partial charge in [0.15, 0.2) is 0 Å². The third-order valence-electron chi connectivity index (χ3n) is 5.91.